The largest absolute Gasteiger partial charge is 0.490 e. The van der Waals surface area contributed by atoms with Gasteiger partial charge in [0.15, 0.2) is 0 Å². The molecule has 1 heterocycles. The van der Waals surface area contributed by atoms with Crippen molar-refractivity contribution in [3.63, 3.8) is 0 Å². The predicted molar refractivity (Wildman–Crippen MR) is 87.3 cm³/mol. The lowest BCUT2D eigenvalue weighted by molar-refractivity contribution is 0.0919. The molecule has 1 amide bonds. The lowest BCUT2D eigenvalue weighted by Crippen LogP contribution is -2.51. The molecule has 0 aromatic heterocycles. The molecule has 0 spiro atoms. The van der Waals surface area contributed by atoms with Gasteiger partial charge in [-0.05, 0) is 70.2 Å². The summed E-state index contributed by atoms with van der Waals surface area (Å²) < 4.78 is 5.98. The van der Waals surface area contributed by atoms with Gasteiger partial charge in [0.05, 0.1) is 6.10 Å². The van der Waals surface area contributed by atoms with Gasteiger partial charge in [-0.1, -0.05) is 6.07 Å². The number of amides is 1. The molecule has 2 N–H and O–H groups in total. The summed E-state index contributed by atoms with van der Waals surface area (Å²) in [6.45, 7) is 3.17. The monoisotopic (exact) mass is 302 g/mol. The minimum atomic E-state index is -0.00239. The normalized spacial score (nSPS) is 25.9. The zero-order valence-electron chi connectivity index (χ0n) is 13.3. The standard InChI is InChI=1S/C18H26N2O2/c1-13-17(10-5-11-19-13)20-18(21)14-6-4-9-16(12-14)22-15-7-2-3-8-15/h4,6,9,12-13,15,17,19H,2-3,5,7-8,10-11H2,1H3,(H,20,21). The summed E-state index contributed by atoms with van der Waals surface area (Å²) in [5, 5.41) is 6.56. The van der Waals surface area contributed by atoms with Crippen LogP contribution in [0, 0.1) is 0 Å². The average Bonchev–Trinajstić information content (AvgIpc) is 3.03. The van der Waals surface area contributed by atoms with Crippen molar-refractivity contribution in [2.45, 2.75) is 63.6 Å². The van der Waals surface area contributed by atoms with Crippen molar-refractivity contribution >= 4 is 5.91 Å². The fourth-order valence-corrected chi connectivity index (χ4v) is 3.40. The first-order valence-corrected chi connectivity index (χ1v) is 8.53. The average molecular weight is 302 g/mol. The Morgan fingerprint density at radius 3 is 2.82 bits per heavy atom. The maximum Gasteiger partial charge on any atom is 0.251 e. The second-order valence-electron chi connectivity index (χ2n) is 6.52. The van der Waals surface area contributed by atoms with Gasteiger partial charge < -0.3 is 15.4 Å². The van der Waals surface area contributed by atoms with Gasteiger partial charge in [-0.3, -0.25) is 4.79 Å². The molecule has 2 aliphatic rings. The maximum absolute atomic E-state index is 12.5. The third kappa shape index (κ3) is 3.80. The molecule has 2 fully saturated rings. The van der Waals surface area contributed by atoms with Crippen molar-refractivity contribution in [1.29, 1.82) is 0 Å². The van der Waals surface area contributed by atoms with Crippen LogP contribution in [0.1, 0.15) is 55.8 Å². The van der Waals surface area contributed by atoms with E-state index in [4.69, 9.17) is 4.74 Å². The Balaban J connectivity index is 1.61. The summed E-state index contributed by atoms with van der Waals surface area (Å²) in [7, 11) is 0. The molecule has 3 rings (SSSR count). The topological polar surface area (TPSA) is 50.4 Å². The van der Waals surface area contributed by atoms with E-state index in [9.17, 15) is 4.79 Å². The Morgan fingerprint density at radius 1 is 1.23 bits per heavy atom. The van der Waals surface area contributed by atoms with Crippen LogP contribution in [0.15, 0.2) is 24.3 Å². The zero-order chi connectivity index (χ0) is 15.4. The van der Waals surface area contributed by atoms with E-state index in [-0.39, 0.29) is 11.9 Å². The number of nitrogens with one attached hydrogen (secondary N) is 2. The van der Waals surface area contributed by atoms with E-state index >= 15 is 0 Å². The molecule has 1 aromatic carbocycles. The van der Waals surface area contributed by atoms with E-state index in [1.165, 1.54) is 12.8 Å². The van der Waals surface area contributed by atoms with Crippen molar-refractivity contribution < 1.29 is 9.53 Å². The van der Waals surface area contributed by atoms with Gasteiger partial charge in [0.2, 0.25) is 0 Å². The van der Waals surface area contributed by atoms with Crippen LogP contribution in [0.2, 0.25) is 0 Å². The molecule has 1 aromatic rings. The Morgan fingerprint density at radius 2 is 2.05 bits per heavy atom. The summed E-state index contributed by atoms with van der Waals surface area (Å²) in [6, 6.07) is 8.12. The maximum atomic E-state index is 12.5. The van der Waals surface area contributed by atoms with Crippen LogP contribution in [-0.2, 0) is 0 Å². The number of benzene rings is 1. The fourth-order valence-electron chi connectivity index (χ4n) is 3.40. The third-order valence-corrected chi connectivity index (χ3v) is 4.78. The van der Waals surface area contributed by atoms with Gasteiger partial charge in [0.1, 0.15) is 5.75 Å². The highest BCUT2D eigenvalue weighted by molar-refractivity contribution is 5.94. The summed E-state index contributed by atoms with van der Waals surface area (Å²) in [6.07, 6.45) is 7.22. The quantitative estimate of drug-likeness (QED) is 0.899. The Labute approximate surface area is 132 Å². The second-order valence-corrected chi connectivity index (χ2v) is 6.52. The molecule has 22 heavy (non-hydrogen) atoms. The van der Waals surface area contributed by atoms with Crippen LogP contribution < -0.4 is 15.4 Å². The molecule has 4 nitrogen and oxygen atoms in total. The van der Waals surface area contributed by atoms with Crippen molar-refractivity contribution in [3.8, 4) is 5.75 Å². The minimum Gasteiger partial charge on any atom is -0.490 e. The number of carbonyl (C=O) groups excluding carboxylic acids is 1. The number of hydrogen-bond donors (Lipinski definition) is 2. The lowest BCUT2D eigenvalue weighted by Gasteiger charge is -2.30. The van der Waals surface area contributed by atoms with E-state index < -0.39 is 0 Å². The van der Waals surface area contributed by atoms with Crippen LogP contribution in [0.4, 0.5) is 0 Å². The van der Waals surface area contributed by atoms with Crippen LogP contribution in [-0.4, -0.2) is 30.6 Å². The van der Waals surface area contributed by atoms with E-state index in [0.717, 1.165) is 38.0 Å². The third-order valence-electron chi connectivity index (χ3n) is 4.78. The Kier molecular flexibility index (Phi) is 4.98. The van der Waals surface area contributed by atoms with Gasteiger partial charge in [0.25, 0.3) is 5.91 Å². The molecule has 1 saturated heterocycles. The summed E-state index contributed by atoms with van der Waals surface area (Å²) in [5.41, 5.74) is 0.688. The first-order chi connectivity index (χ1) is 10.7. The molecule has 2 unspecified atom stereocenters. The highest BCUT2D eigenvalue weighted by Crippen LogP contribution is 2.24. The van der Waals surface area contributed by atoms with Crippen molar-refractivity contribution in [3.05, 3.63) is 29.8 Å². The Bertz CT molecular complexity index is 512. The smallest absolute Gasteiger partial charge is 0.251 e. The first kappa shape index (κ1) is 15.3. The Hall–Kier alpha value is -1.55. The molecule has 0 radical (unpaired) electrons. The number of carbonyl (C=O) groups is 1. The van der Waals surface area contributed by atoms with Crippen molar-refractivity contribution in [2.24, 2.45) is 0 Å². The van der Waals surface area contributed by atoms with E-state index in [1.54, 1.807) is 0 Å². The zero-order valence-corrected chi connectivity index (χ0v) is 13.3. The highest BCUT2D eigenvalue weighted by Gasteiger charge is 2.23. The highest BCUT2D eigenvalue weighted by atomic mass is 16.5. The van der Waals surface area contributed by atoms with Crippen LogP contribution in [0.5, 0.6) is 5.75 Å². The summed E-state index contributed by atoms with van der Waals surface area (Å²) in [5.74, 6) is 0.812. The molecule has 0 bridgehead atoms. The number of rotatable bonds is 4. The molecular formula is C18H26N2O2. The van der Waals surface area contributed by atoms with Gasteiger partial charge in [0, 0.05) is 17.6 Å². The predicted octanol–water partition coefficient (Wildman–Crippen LogP) is 2.88. The molecule has 1 aliphatic heterocycles. The van der Waals surface area contributed by atoms with Gasteiger partial charge in [-0.25, -0.2) is 0 Å². The van der Waals surface area contributed by atoms with Crippen molar-refractivity contribution in [2.75, 3.05) is 6.54 Å². The van der Waals surface area contributed by atoms with E-state index in [1.807, 2.05) is 24.3 Å². The number of piperidine rings is 1. The van der Waals surface area contributed by atoms with Crippen LogP contribution >= 0.6 is 0 Å². The van der Waals surface area contributed by atoms with Crippen molar-refractivity contribution in [1.82, 2.24) is 10.6 Å². The molecule has 2 atom stereocenters. The SMILES string of the molecule is CC1NCCCC1NC(=O)c1cccc(OC2CCCC2)c1. The van der Waals surface area contributed by atoms with Gasteiger partial charge >= 0.3 is 0 Å². The first-order valence-electron chi connectivity index (χ1n) is 8.53. The van der Waals surface area contributed by atoms with Gasteiger partial charge in [-0.15, -0.1) is 0 Å². The van der Waals surface area contributed by atoms with Gasteiger partial charge in [-0.2, -0.15) is 0 Å². The second kappa shape index (κ2) is 7.14. The molecular weight excluding hydrogens is 276 g/mol. The molecule has 1 saturated carbocycles. The summed E-state index contributed by atoms with van der Waals surface area (Å²) >= 11 is 0. The fraction of sp³-hybridized carbons (Fsp3) is 0.611. The number of ether oxygens (including phenoxy) is 1. The minimum absolute atomic E-state index is 0.00239. The van der Waals surface area contributed by atoms with E-state index in [2.05, 4.69) is 17.6 Å². The number of hydrogen-bond acceptors (Lipinski definition) is 3. The van der Waals surface area contributed by atoms with Crippen LogP contribution in [0.3, 0.4) is 0 Å². The van der Waals surface area contributed by atoms with Crippen LogP contribution in [0.25, 0.3) is 0 Å². The summed E-state index contributed by atoms with van der Waals surface area (Å²) in [4.78, 5) is 12.5. The molecule has 1 aliphatic carbocycles. The van der Waals surface area contributed by atoms with E-state index in [0.29, 0.717) is 17.7 Å². The molecule has 4 heteroatoms. The lowest BCUT2D eigenvalue weighted by atomic mass is 9.99. The molecule has 120 valence electrons.